The number of aryl methyl sites for hydroxylation is 1. The van der Waals surface area contributed by atoms with Crippen LogP contribution in [0.2, 0.25) is 0 Å². The van der Waals surface area contributed by atoms with Crippen LogP contribution in [0.25, 0.3) is 11.3 Å². The number of hydrogen-bond acceptors (Lipinski definition) is 3. The van der Waals surface area contributed by atoms with Gasteiger partial charge in [-0.3, -0.25) is 0 Å². The van der Waals surface area contributed by atoms with Crippen LogP contribution in [-0.2, 0) is 6.54 Å². The first-order valence-electron chi connectivity index (χ1n) is 7.25. The minimum Gasteiger partial charge on any atom is -0.472 e. The largest absolute Gasteiger partial charge is 0.472 e. The van der Waals surface area contributed by atoms with E-state index in [0.29, 0.717) is 30.1 Å². The standard InChI is InChI=1S/C16H19FN2O2/c1-10(2)14-15(12-5-3-4-6-13(12)17)18-19-8-7-11(9-20)21-16(14)19/h3-6,10-11,20H,7-9H2,1-2H3. The van der Waals surface area contributed by atoms with Crippen LogP contribution in [0.15, 0.2) is 24.3 Å². The van der Waals surface area contributed by atoms with Gasteiger partial charge in [0.25, 0.3) is 0 Å². The molecule has 0 spiro atoms. The summed E-state index contributed by atoms with van der Waals surface area (Å²) < 4.78 is 21.7. The zero-order valence-electron chi connectivity index (χ0n) is 12.2. The number of halogens is 1. The maximum atomic E-state index is 14.1. The van der Waals surface area contributed by atoms with Crippen molar-refractivity contribution in [1.82, 2.24) is 9.78 Å². The van der Waals surface area contributed by atoms with Crippen molar-refractivity contribution < 1.29 is 14.2 Å². The van der Waals surface area contributed by atoms with Gasteiger partial charge in [-0.1, -0.05) is 26.0 Å². The molecule has 0 aliphatic carbocycles. The van der Waals surface area contributed by atoms with E-state index in [1.807, 2.05) is 13.8 Å². The molecular weight excluding hydrogens is 271 g/mol. The molecule has 0 bridgehead atoms. The molecule has 0 fully saturated rings. The lowest BCUT2D eigenvalue weighted by atomic mass is 9.98. The van der Waals surface area contributed by atoms with Crippen molar-refractivity contribution in [3.05, 3.63) is 35.6 Å². The van der Waals surface area contributed by atoms with Crippen LogP contribution in [0.1, 0.15) is 31.7 Å². The van der Waals surface area contributed by atoms with Gasteiger partial charge in [0, 0.05) is 24.1 Å². The van der Waals surface area contributed by atoms with Crippen molar-refractivity contribution in [2.45, 2.75) is 38.8 Å². The highest BCUT2D eigenvalue weighted by Crippen LogP contribution is 2.39. The van der Waals surface area contributed by atoms with Crippen LogP contribution in [0.5, 0.6) is 5.88 Å². The van der Waals surface area contributed by atoms with Crippen molar-refractivity contribution in [3.63, 3.8) is 0 Å². The fourth-order valence-corrected chi connectivity index (χ4v) is 2.72. The van der Waals surface area contributed by atoms with Gasteiger partial charge >= 0.3 is 0 Å². The molecular formula is C16H19FN2O2. The lowest BCUT2D eigenvalue weighted by molar-refractivity contribution is 0.0721. The average Bonchev–Trinajstić information content (AvgIpc) is 2.85. The Morgan fingerprint density at radius 3 is 2.86 bits per heavy atom. The van der Waals surface area contributed by atoms with Gasteiger partial charge in [0.15, 0.2) is 0 Å². The number of aliphatic hydroxyl groups is 1. The zero-order valence-corrected chi connectivity index (χ0v) is 12.2. The van der Waals surface area contributed by atoms with E-state index in [2.05, 4.69) is 5.10 Å². The van der Waals surface area contributed by atoms with E-state index in [-0.39, 0.29) is 24.4 Å². The first-order valence-corrected chi connectivity index (χ1v) is 7.25. The second kappa shape index (κ2) is 5.48. The summed E-state index contributed by atoms with van der Waals surface area (Å²) >= 11 is 0. The Balaban J connectivity index is 2.14. The lowest BCUT2D eigenvalue weighted by Gasteiger charge is -2.24. The third kappa shape index (κ3) is 2.42. The summed E-state index contributed by atoms with van der Waals surface area (Å²) in [4.78, 5) is 0. The van der Waals surface area contributed by atoms with E-state index in [0.717, 1.165) is 5.56 Å². The summed E-state index contributed by atoms with van der Waals surface area (Å²) in [5.74, 6) is 0.530. The van der Waals surface area contributed by atoms with Gasteiger partial charge in [0.2, 0.25) is 5.88 Å². The van der Waals surface area contributed by atoms with Crippen LogP contribution >= 0.6 is 0 Å². The molecule has 1 unspecified atom stereocenters. The fraction of sp³-hybridized carbons (Fsp3) is 0.438. The Bertz CT molecular complexity index is 652. The van der Waals surface area contributed by atoms with Gasteiger partial charge < -0.3 is 9.84 Å². The molecule has 5 heteroatoms. The summed E-state index contributed by atoms with van der Waals surface area (Å²) in [6.07, 6.45) is 0.500. The van der Waals surface area contributed by atoms with E-state index in [4.69, 9.17) is 4.74 Å². The molecule has 3 rings (SSSR count). The zero-order chi connectivity index (χ0) is 15.0. The number of rotatable bonds is 3. The van der Waals surface area contributed by atoms with Crippen molar-refractivity contribution in [1.29, 1.82) is 0 Å². The van der Waals surface area contributed by atoms with Crippen LogP contribution < -0.4 is 4.74 Å². The number of hydrogen-bond donors (Lipinski definition) is 1. The Morgan fingerprint density at radius 1 is 1.43 bits per heavy atom. The van der Waals surface area contributed by atoms with E-state index in [1.165, 1.54) is 6.07 Å². The molecule has 1 aromatic carbocycles. The van der Waals surface area contributed by atoms with Crippen LogP contribution in [0.4, 0.5) is 4.39 Å². The van der Waals surface area contributed by atoms with Crippen LogP contribution in [-0.4, -0.2) is 27.6 Å². The first kappa shape index (κ1) is 14.1. The van der Waals surface area contributed by atoms with Crippen molar-refractivity contribution in [2.75, 3.05) is 6.61 Å². The summed E-state index contributed by atoms with van der Waals surface area (Å²) in [7, 11) is 0. The normalized spacial score (nSPS) is 17.7. The Hall–Kier alpha value is -1.88. The molecule has 0 radical (unpaired) electrons. The smallest absolute Gasteiger partial charge is 0.216 e. The quantitative estimate of drug-likeness (QED) is 0.945. The Kier molecular flexibility index (Phi) is 3.68. The molecule has 1 aliphatic rings. The van der Waals surface area contributed by atoms with Crippen molar-refractivity contribution in [2.24, 2.45) is 0 Å². The molecule has 0 saturated heterocycles. The van der Waals surface area contributed by atoms with Gasteiger partial charge in [-0.2, -0.15) is 5.10 Å². The topological polar surface area (TPSA) is 47.3 Å². The number of aromatic nitrogens is 2. The van der Waals surface area contributed by atoms with Gasteiger partial charge in [0.05, 0.1) is 6.61 Å². The third-order valence-corrected chi connectivity index (χ3v) is 3.79. The fourth-order valence-electron chi connectivity index (χ4n) is 2.72. The lowest BCUT2D eigenvalue weighted by Crippen LogP contribution is -2.29. The molecule has 2 heterocycles. The van der Waals surface area contributed by atoms with Crippen LogP contribution in [0, 0.1) is 5.82 Å². The minimum absolute atomic E-state index is 0.0161. The van der Waals surface area contributed by atoms with Gasteiger partial charge in [0.1, 0.15) is 17.6 Å². The molecule has 1 atom stereocenters. The number of nitrogens with zero attached hydrogens (tertiary/aromatic N) is 2. The molecule has 4 nitrogen and oxygen atoms in total. The molecule has 2 aromatic rings. The number of benzene rings is 1. The molecule has 112 valence electrons. The number of fused-ring (bicyclic) bond motifs is 1. The minimum atomic E-state index is -0.284. The average molecular weight is 290 g/mol. The molecule has 1 aliphatic heterocycles. The Morgan fingerprint density at radius 2 is 2.19 bits per heavy atom. The van der Waals surface area contributed by atoms with Gasteiger partial charge in [-0.05, 0) is 18.1 Å². The highest BCUT2D eigenvalue weighted by atomic mass is 19.1. The van der Waals surface area contributed by atoms with Gasteiger partial charge in [-0.25, -0.2) is 9.07 Å². The SMILES string of the molecule is CC(C)c1c(-c2ccccc2F)nn2c1OC(CO)CC2. The predicted molar refractivity (Wildman–Crippen MR) is 77.8 cm³/mol. The number of ether oxygens (including phenoxy) is 1. The van der Waals surface area contributed by atoms with Crippen molar-refractivity contribution >= 4 is 0 Å². The highest BCUT2D eigenvalue weighted by molar-refractivity contribution is 5.67. The summed E-state index contributed by atoms with van der Waals surface area (Å²) in [6, 6.07) is 6.65. The summed E-state index contributed by atoms with van der Waals surface area (Å²) in [5, 5.41) is 13.8. The Labute approximate surface area is 123 Å². The highest BCUT2D eigenvalue weighted by Gasteiger charge is 2.29. The van der Waals surface area contributed by atoms with E-state index >= 15 is 0 Å². The van der Waals surface area contributed by atoms with Crippen LogP contribution in [0.3, 0.4) is 0 Å². The first-order chi connectivity index (χ1) is 10.1. The van der Waals surface area contributed by atoms with E-state index < -0.39 is 0 Å². The molecule has 21 heavy (non-hydrogen) atoms. The maximum absolute atomic E-state index is 14.1. The molecule has 1 N–H and O–H groups in total. The monoisotopic (exact) mass is 290 g/mol. The van der Waals surface area contributed by atoms with Crippen molar-refractivity contribution in [3.8, 4) is 17.1 Å². The molecule has 0 saturated carbocycles. The third-order valence-electron chi connectivity index (χ3n) is 3.79. The maximum Gasteiger partial charge on any atom is 0.216 e. The van der Waals surface area contributed by atoms with Gasteiger partial charge in [-0.15, -0.1) is 0 Å². The molecule has 0 amide bonds. The van der Waals surface area contributed by atoms with E-state index in [9.17, 15) is 9.50 Å². The number of aliphatic hydroxyl groups excluding tert-OH is 1. The van der Waals surface area contributed by atoms with E-state index in [1.54, 1.807) is 22.9 Å². The summed E-state index contributed by atoms with van der Waals surface area (Å²) in [5.41, 5.74) is 2.03. The predicted octanol–water partition coefficient (Wildman–Crippen LogP) is 2.96. The summed E-state index contributed by atoms with van der Waals surface area (Å²) in [6.45, 7) is 4.73. The second-order valence-electron chi connectivity index (χ2n) is 5.64. The second-order valence-corrected chi connectivity index (χ2v) is 5.64. The molecule has 1 aromatic heterocycles.